The number of nitrogens with one attached hydrogen (secondary N) is 1. The van der Waals surface area contributed by atoms with Crippen molar-refractivity contribution in [2.24, 2.45) is 10.7 Å². The van der Waals surface area contributed by atoms with Crippen molar-refractivity contribution in [3.05, 3.63) is 60.4 Å². The van der Waals surface area contributed by atoms with Crippen LogP contribution in [0.1, 0.15) is 12.5 Å². The van der Waals surface area contributed by atoms with Crippen LogP contribution in [0.3, 0.4) is 0 Å². The summed E-state index contributed by atoms with van der Waals surface area (Å²) >= 11 is 0. The number of aliphatic imine (C=N–C) groups is 1. The molecular formula is C15H20IN5. The summed E-state index contributed by atoms with van der Waals surface area (Å²) in [6.07, 6.45) is 3.66. The second-order valence-electron chi connectivity index (χ2n) is 4.63. The van der Waals surface area contributed by atoms with Crippen molar-refractivity contribution in [3.8, 4) is 5.69 Å². The Balaban J connectivity index is 0.00000220. The van der Waals surface area contributed by atoms with Gasteiger partial charge in [0, 0.05) is 18.9 Å². The van der Waals surface area contributed by atoms with E-state index in [2.05, 4.69) is 22.0 Å². The van der Waals surface area contributed by atoms with E-state index in [4.69, 9.17) is 5.73 Å². The highest BCUT2D eigenvalue weighted by Crippen LogP contribution is 2.10. The number of nitrogens with zero attached hydrogens (tertiary/aromatic N) is 3. The van der Waals surface area contributed by atoms with E-state index < -0.39 is 0 Å². The predicted molar refractivity (Wildman–Crippen MR) is 97.1 cm³/mol. The Hall–Kier alpha value is -1.83. The largest absolute Gasteiger partial charge is 0.370 e. The smallest absolute Gasteiger partial charge is 0.189 e. The average Bonchev–Trinajstić information content (AvgIpc) is 2.97. The van der Waals surface area contributed by atoms with Gasteiger partial charge in [0.05, 0.1) is 12.2 Å². The summed E-state index contributed by atoms with van der Waals surface area (Å²) in [6, 6.07) is 9.94. The summed E-state index contributed by atoms with van der Waals surface area (Å²) in [4.78, 5) is 4.30. The van der Waals surface area contributed by atoms with Crippen molar-refractivity contribution in [3.63, 3.8) is 0 Å². The molecule has 1 heterocycles. The molecule has 112 valence electrons. The molecular weight excluding hydrogens is 377 g/mol. The number of aromatic nitrogens is 2. The SMILES string of the molecule is C=C(C)CNC(N)=NCc1cccc(-n2cccn2)c1.I. The van der Waals surface area contributed by atoms with E-state index >= 15 is 0 Å². The third-order valence-corrected chi connectivity index (χ3v) is 2.68. The Morgan fingerprint density at radius 2 is 2.24 bits per heavy atom. The molecule has 0 aliphatic rings. The molecule has 5 nitrogen and oxygen atoms in total. The number of halogens is 1. The minimum Gasteiger partial charge on any atom is -0.370 e. The van der Waals surface area contributed by atoms with Gasteiger partial charge in [0.15, 0.2) is 5.96 Å². The van der Waals surface area contributed by atoms with Crippen LogP contribution < -0.4 is 11.1 Å². The van der Waals surface area contributed by atoms with E-state index in [0.717, 1.165) is 16.8 Å². The molecule has 0 fully saturated rings. The van der Waals surface area contributed by atoms with Gasteiger partial charge in [-0.05, 0) is 30.7 Å². The molecule has 0 spiro atoms. The van der Waals surface area contributed by atoms with Crippen LogP contribution in [0.4, 0.5) is 0 Å². The van der Waals surface area contributed by atoms with Crippen LogP contribution >= 0.6 is 24.0 Å². The molecule has 1 aromatic carbocycles. The first-order chi connectivity index (χ1) is 9.65. The van der Waals surface area contributed by atoms with Gasteiger partial charge < -0.3 is 11.1 Å². The third kappa shape index (κ3) is 5.58. The molecule has 2 aromatic rings. The first-order valence-corrected chi connectivity index (χ1v) is 6.42. The van der Waals surface area contributed by atoms with Crippen molar-refractivity contribution in [1.29, 1.82) is 0 Å². The molecule has 1 aromatic heterocycles. The lowest BCUT2D eigenvalue weighted by Crippen LogP contribution is -2.32. The number of guanidine groups is 1. The fourth-order valence-electron chi connectivity index (χ4n) is 1.69. The van der Waals surface area contributed by atoms with E-state index in [9.17, 15) is 0 Å². The molecule has 0 saturated carbocycles. The summed E-state index contributed by atoms with van der Waals surface area (Å²) < 4.78 is 1.82. The molecule has 0 atom stereocenters. The lowest BCUT2D eigenvalue weighted by molar-refractivity contribution is 0.875. The van der Waals surface area contributed by atoms with E-state index in [-0.39, 0.29) is 24.0 Å². The summed E-state index contributed by atoms with van der Waals surface area (Å²) in [5.74, 6) is 0.428. The second-order valence-corrected chi connectivity index (χ2v) is 4.63. The first kappa shape index (κ1) is 17.2. The van der Waals surface area contributed by atoms with Crippen LogP contribution in [0, 0.1) is 0 Å². The van der Waals surface area contributed by atoms with Gasteiger partial charge >= 0.3 is 0 Å². The maximum absolute atomic E-state index is 5.78. The van der Waals surface area contributed by atoms with Gasteiger partial charge in [0.25, 0.3) is 0 Å². The molecule has 0 aliphatic carbocycles. The highest BCUT2D eigenvalue weighted by Gasteiger charge is 1.98. The van der Waals surface area contributed by atoms with Gasteiger partial charge in [-0.15, -0.1) is 24.0 Å². The summed E-state index contributed by atoms with van der Waals surface area (Å²) in [7, 11) is 0. The Bertz CT molecular complexity index is 604. The molecule has 3 N–H and O–H groups in total. The molecule has 0 radical (unpaired) electrons. The van der Waals surface area contributed by atoms with E-state index in [1.807, 2.05) is 48.1 Å². The Morgan fingerprint density at radius 1 is 1.43 bits per heavy atom. The highest BCUT2D eigenvalue weighted by atomic mass is 127. The van der Waals surface area contributed by atoms with Gasteiger partial charge in [-0.25, -0.2) is 9.67 Å². The molecule has 0 amide bonds. The standard InChI is InChI=1S/C15H19N5.HI/c1-12(2)10-17-15(16)18-11-13-5-3-6-14(9-13)20-8-4-7-19-20;/h3-9H,1,10-11H2,2H3,(H3,16,17,18);1H. The van der Waals surface area contributed by atoms with Crippen LogP contribution in [0.5, 0.6) is 0 Å². The van der Waals surface area contributed by atoms with Crippen LogP contribution in [0.15, 0.2) is 59.9 Å². The normalized spacial score (nSPS) is 10.8. The maximum atomic E-state index is 5.78. The monoisotopic (exact) mass is 397 g/mol. The summed E-state index contributed by atoms with van der Waals surface area (Å²) in [6.45, 7) is 6.91. The fourth-order valence-corrected chi connectivity index (χ4v) is 1.69. The second kappa shape index (κ2) is 8.46. The van der Waals surface area contributed by atoms with Gasteiger partial charge in [0.2, 0.25) is 0 Å². The van der Waals surface area contributed by atoms with Crippen molar-refractivity contribution >= 4 is 29.9 Å². The zero-order valence-corrected chi connectivity index (χ0v) is 14.3. The van der Waals surface area contributed by atoms with Crippen molar-refractivity contribution in [2.75, 3.05) is 6.54 Å². The fraction of sp³-hybridized carbons (Fsp3) is 0.200. The number of rotatable bonds is 5. The zero-order valence-electron chi connectivity index (χ0n) is 12.0. The van der Waals surface area contributed by atoms with Crippen LogP contribution in [-0.4, -0.2) is 22.3 Å². The van der Waals surface area contributed by atoms with E-state index in [1.54, 1.807) is 6.20 Å². The lowest BCUT2D eigenvalue weighted by atomic mass is 10.2. The number of hydrogen-bond donors (Lipinski definition) is 2. The minimum absolute atomic E-state index is 0. The summed E-state index contributed by atoms with van der Waals surface area (Å²) in [5.41, 5.74) is 8.89. The minimum atomic E-state index is 0. The highest BCUT2D eigenvalue weighted by molar-refractivity contribution is 14.0. The topological polar surface area (TPSA) is 68.2 Å². The van der Waals surface area contributed by atoms with Crippen LogP contribution in [0.25, 0.3) is 5.69 Å². The first-order valence-electron chi connectivity index (χ1n) is 6.42. The van der Waals surface area contributed by atoms with Gasteiger partial charge in [-0.2, -0.15) is 5.10 Å². The molecule has 2 rings (SSSR count). The van der Waals surface area contributed by atoms with Crippen molar-refractivity contribution < 1.29 is 0 Å². The van der Waals surface area contributed by atoms with Crippen LogP contribution in [0.2, 0.25) is 0 Å². The van der Waals surface area contributed by atoms with Gasteiger partial charge in [0.1, 0.15) is 0 Å². The Labute approximate surface area is 142 Å². The lowest BCUT2D eigenvalue weighted by Gasteiger charge is -2.06. The molecule has 0 unspecified atom stereocenters. The quantitative estimate of drug-likeness (QED) is 0.353. The van der Waals surface area contributed by atoms with Crippen molar-refractivity contribution in [1.82, 2.24) is 15.1 Å². The average molecular weight is 397 g/mol. The number of nitrogens with two attached hydrogens (primary N) is 1. The summed E-state index contributed by atoms with van der Waals surface area (Å²) in [5, 5.41) is 7.21. The maximum Gasteiger partial charge on any atom is 0.189 e. The van der Waals surface area contributed by atoms with E-state index in [0.29, 0.717) is 19.0 Å². The third-order valence-electron chi connectivity index (χ3n) is 2.68. The molecule has 0 aliphatic heterocycles. The Kier molecular flexibility index (Phi) is 6.93. The number of benzene rings is 1. The van der Waals surface area contributed by atoms with Gasteiger partial charge in [-0.1, -0.05) is 24.3 Å². The molecule has 21 heavy (non-hydrogen) atoms. The molecule has 0 saturated heterocycles. The number of hydrogen-bond acceptors (Lipinski definition) is 2. The van der Waals surface area contributed by atoms with E-state index in [1.165, 1.54) is 0 Å². The van der Waals surface area contributed by atoms with Crippen molar-refractivity contribution in [2.45, 2.75) is 13.5 Å². The van der Waals surface area contributed by atoms with Crippen LogP contribution in [-0.2, 0) is 6.54 Å². The molecule has 0 bridgehead atoms. The van der Waals surface area contributed by atoms with Gasteiger partial charge in [-0.3, -0.25) is 0 Å². The Morgan fingerprint density at radius 3 is 2.90 bits per heavy atom. The predicted octanol–water partition coefficient (Wildman–Crippen LogP) is 2.47. The molecule has 6 heteroatoms. The zero-order chi connectivity index (χ0) is 14.4.